The molecule has 12 aromatic rings. The van der Waals surface area contributed by atoms with Crippen LogP contribution in [0.1, 0.15) is 0 Å². The highest BCUT2D eigenvalue weighted by Crippen LogP contribution is 2.41. The molecule has 0 fully saturated rings. The van der Waals surface area contributed by atoms with Crippen LogP contribution in [0, 0.1) is 0 Å². The van der Waals surface area contributed by atoms with Crippen molar-refractivity contribution in [1.29, 1.82) is 0 Å². The summed E-state index contributed by atoms with van der Waals surface area (Å²) in [5.41, 5.74) is 11.0. The number of rotatable bonds is 5. The molecule has 4 heterocycles. The van der Waals surface area contributed by atoms with E-state index >= 15 is 0 Å². The molecule has 266 valence electrons. The fraction of sp³-hybridized carbons (Fsp3) is 0. The molecule has 57 heavy (non-hydrogen) atoms. The highest BCUT2D eigenvalue weighted by Gasteiger charge is 2.22. The quantitative estimate of drug-likeness (QED) is 0.177. The van der Waals surface area contributed by atoms with Crippen molar-refractivity contribution in [2.24, 2.45) is 0 Å². The van der Waals surface area contributed by atoms with Crippen LogP contribution in [-0.2, 0) is 0 Å². The van der Waals surface area contributed by atoms with Crippen LogP contribution in [0.15, 0.2) is 192 Å². The molecule has 0 aliphatic rings. The second-order valence-electron chi connectivity index (χ2n) is 14.4. The smallest absolute Gasteiger partial charge is 0.167 e. The number of hydrogen-bond acceptors (Lipinski definition) is 4. The Balaban J connectivity index is 1.12. The molecule has 0 radical (unpaired) electrons. The van der Waals surface area contributed by atoms with Crippen molar-refractivity contribution in [2.75, 3.05) is 0 Å². The van der Waals surface area contributed by atoms with Gasteiger partial charge in [0.15, 0.2) is 17.5 Å². The lowest BCUT2D eigenvalue weighted by Crippen LogP contribution is -2.01. The van der Waals surface area contributed by atoms with E-state index in [2.05, 4.69) is 137 Å². The van der Waals surface area contributed by atoms with Gasteiger partial charge in [0.05, 0.1) is 27.6 Å². The molecule has 6 nitrogen and oxygen atoms in total. The van der Waals surface area contributed by atoms with E-state index < -0.39 is 0 Å². The Morgan fingerprint density at radius 1 is 0.351 bits per heavy atom. The summed E-state index contributed by atoms with van der Waals surface area (Å²) in [6, 6.07) is 65.6. The Kier molecular flexibility index (Phi) is 6.83. The highest BCUT2D eigenvalue weighted by atomic mass is 16.3. The fourth-order valence-corrected chi connectivity index (χ4v) is 8.69. The number of fused-ring (bicyclic) bond motifs is 9. The SMILES string of the molecule is c1ccc(-c2nc(-c3cccc4c3oc3ccccc34)nc(-c3cccc4c3c3ccccc3n4-c3ccc4c5ccccc5n(-c5ccccc5)c4c3)n2)cc1. The normalized spacial score (nSPS) is 11.9. The highest BCUT2D eigenvalue weighted by molar-refractivity contribution is 6.16. The molecule has 0 saturated heterocycles. The zero-order valence-corrected chi connectivity index (χ0v) is 30.5. The minimum Gasteiger partial charge on any atom is -0.455 e. The third kappa shape index (κ3) is 4.81. The lowest BCUT2D eigenvalue weighted by molar-refractivity contribution is 0.669. The zero-order chi connectivity index (χ0) is 37.5. The Hall–Kier alpha value is -7.83. The molecule has 0 amide bonds. The summed E-state index contributed by atoms with van der Waals surface area (Å²) in [5, 5.41) is 6.73. The van der Waals surface area contributed by atoms with E-state index in [-0.39, 0.29) is 0 Å². The van der Waals surface area contributed by atoms with E-state index in [9.17, 15) is 0 Å². The molecule has 0 N–H and O–H groups in total. The van der Waals surface area contributed by atoms with E-state index in [0.29, 0.717) is 17.5 Å². The van der Waals surface area contributed by atoms with Gasteiger partial charge in [0.1, 0.15) is 11.2 Å². The molecule has 0 spiro atoms. The summed E-state index contributed by atoms with van der Waals surface area (Å²) in [6.07, 6.45) is 0. The van der Waals surface area contributed by atoms with Crippen molar-refractivity contribution in [3.05, 3.63) is 188 Å². The minimum atomic E-state index is 0.559. The van der Waals surface area contributed by atoms with Gasteiger partial charge in [-0.25, -0.2) is 15.0 Å². The molecule has 0 unspecified atom stereocenters. The van der Waals surface area contributed by atoms with Gasteiger partial charge in [0.2, 0.25) is 0 Å². The first-order chi connectivity index (χ1) is 28.3. The average Bonchev–Trinajstić information content (AvgIpc) is 3.94. The summed E-state index contributed by atoms with van der Waals surface area (Å²) >= 11 is 0. The van der Waals surface area contributed by atoms with Gasteiger partial charge >= 0.3 is 0 Å². The van der Waals surface area contributed by atoms with Crippen LogP contribution >= 0.6 is 0 Å². The molecule has 0 saturated carbocycles. The van der Waals surface area contributed by atoms with Crippen LogP contribution in [0.5, 0.6) is 0 Å². The second kappa shape index (κ2) is 12.3. The van der Waals surface area contributed by atoms with Gasteiger partial charge in [0.25, 0.3) is 0 Å². The first-order valence-electron chi connectivity index (χ1n) is 19.1. The first kappa shape index (κ1) is 31.5. The van der Waals surface area contributed by atoms with Crippen molar-refractivity contribution >= 4 is 65.6 Å². The molecule has 0 aliphatic carbocycles. The van der Waals surface area contributed by atoms with Gasteiger partial charge in [-0.05, 0) is 54.6 Å². The van der Waals surface area contributed by atoms with Crippen molar-refractivity contribution in [1.82, 2.24) is 24.1 Å². The molecular formula is C51H31N5O. The second-order valence-corrected chi connectivity index (χ2v) is 14.4. The number of benzene rings is 8. The molecule has 0 bridgehead atoms. The largest absolute Gasteiger partial charge is 0.455 e. The summed E-state index contributed by atoms with van der Waals surface area (Å²) in [6.45, 7) is 0. The van der Waals surface area contributed by atoms with Gasteiger partial charge in [0, 0.05) is 54.8 Å². The first-order valence-corrected chi connectivity index (χ1v) is 19.1. The summed E-state index contributed by atoms with van der Waals surface area (Å²) < 4.78 is 11.2. The lowest BCUT2D eigenvalue weighted by Gasteiger charge is -2.12. The number of furan rings is 1. The maximum Gasteiger partial charge on any atom is 0.167 e. The fourth-order valence-electron chi connectivity index (χ4n) is 8.69. The summed E-state index contributed by atoms with van der Waals surface area (Å²) in [5.74, 6) is 1.76. The van der Waals surface area contributed by atoms with E-state index in [4.69, 9.17) is 19.4 Å². The van der Waals surface area contributed by atoms with Gasteiger partial charge in [-0.1, -0.05) is 133 Å². The number of nitrogens with zero attached hydrogens (tertiary/aromatic N) is 5. The third-order valence-electron chi connectivity index (χ3n) is 11.2. The maximum absolute atomic E-state index is 6.49. The number of aromatic nitrogens is 5. The summed E-state index contributed by atoms with van der Waals surface area (Å²) in [7, 11) is 0. The van der Waals surface area contributed by atoms with Crippen molar-refractivity contribution in [3.63, 3.8) is 0 Å². The van der Waals surface area contributed by atoms with Gasteiger partial charge < -0.3 is 13.6 Å². The van der Waals surface area contributed by atoms with Gasteiger partial charge in [-0.2, -0.15) is 0 Å². The van der Waals surface area contributed by atoms with Gasteiger partial charge in [-0.3, -0.25) is 0 Å². The molecule has 0 aliphatic heterocycles. The van der Waals surface area contributed by atoms with Gasteiger partial charge in [-0.15, -0.1) is 0 Å². The molecule has 8 aromatic carbocycles. The lowest BCUT2D eigenvalue weighted by atomic mass is 10.0. The van der Waals surface area contributed by atoms with Crippen molar-refractivity contribution in [2.45, 2.75) is 0 Å². The topological polar surface area (TPSA) is 61.7 Å². The van der Waals surface area contributed by atoms with E-state index in [1.54, 1.807) is 0 Å². The number of hydrogen-bond donors (Lipinski definition) is 0. The Morgan fingerprint density at radius 3 is 1.74 bits per heavy atom. The Bertz CT molecular complexity index is 3520. The third-order valence-corrected chi connectivity index (χ3v) is 11.2. The minimum absolute atomic E-state index is 0.559. The van der Waals surface area contributed by atoms with E-state index in [1.165, 1.54) is 16.3 Å². The zero-order valence-electron chi connectivity index (χ0n) is 30.5. The van der Waals surface area contributed by atoms with Crippen molar-refractivity contribution in [3.8, 4) is 45.5 Å². The van der Waals surface area contributed by atoms with E-state index in [1.807, 2.05) is 60.7 Å². The average molecular weight is 730 g/mol. The van der Waals surface area contributed by atoms with Crippen LogP contribution in [0.3, 0.4) is 0 Å². The Labute approximate surface area is 326 Å². The monoisotopic (exact) mass is 729 g/mol. The molecular weight excluding hydrogens is 699 g/mol. The van der Waals surface area contributed by atoms with Crippen LogP contribution in [0.4, 0.5) is 0 Å². The molecule has 4 aromatic heterocycles. The van der Waals surface area contributed by atoms with Crippen LogP contribution in [0.2, 0.25) is 0 Å². The maximum atomic E-state index is 6.49. The predicted molar refractivity (Wildman–Crippen MR) is 232 cm³/mol. The molecule has 6 heteroatoms. The van der Waals surface area contributed by atoms with E-state index in [0.717, 1.165) is 77.3 Å². The van der Waals surface area contributed by atoms with Crippen molar-refractivity contribution < 1.29 is 4.42 Å². The standard InChI is InChI=1S/C51H31N5O/c1-3-15-32(16-4-1)49-52-50(54-51(53-49)41-24-13-22-38-37-20-9-12-28-46(37)57-48(38)41)40-23-14-27-44-47(40)39-21-8-11-26-43(39)56(44)34-29-30-36-35-19-7-10-25-42(35)55(45(36)31-34)33-17-5-2-6-18-33/h1-31H. The predicted octanol–water partition coefficient (Wildman–Crippen LogP) is 13.0. The van der Waals surface area contributed by atoms with Crippen LogP contribution in [0.25, 0.3) is 111 Å². The molecule has 0 atom stereocenters. The Morgan fingerprint density at radius 2 is 0.912 bits per heavy atom. The number of para-hydroxylation sites is 5. The van der Waals surface area contributed by atoms with Crippen LogP contribution in [-0.4, -0.2) is 24.1 Å². The van der Waals surface area contributed by atoms with Crippen LogP contribution < -0.4 is 0 Å². The molecule has 12 rings (SSSR count). The summed E-state index contributed by atoms with van der Waals surface area (Å²) in [4.78, 5) is 15.6.